The van der Waals surface area contributed by atoms with Gasteiger partial charge in [0.15, 0.2) is 0 Å². The summed E-state index contributed by atoms with van der Waals surface area (Å²) in [7, 11) is 0. The minimum absolute atomic E-state index is 0.0899. The molecule has 0 spiro atoms. The van der Waals surface area contributed by atoms with Crippen LogP contribution in [0.25, 0.3) is 0 Å². The van der Waals surface area contributed by atoms with Crippen molar-refractivity contribution in [1.29, 1.82) is 0 Å². The second-order valence-corrected chi connectivity index (χ2v) is 6.94. The predicted octanol–water partition coefficient (Wildman–Crippen LogP) is 1.28. The molecule has 20 heavy (non-hydrogen) atoms. The Balaban J connectivity index is 1.37. The molecule has 0 aromatic heterocycles. The van der Waals surface area contributed by atoms with E-state index in [2.05, 4.69) is 17.1 Å². The highest BCUT2D eigenvalue weighted by Crippen LogP contribution is 2.37. The molecule has 4 rings (SSSR count). The van der Waals surface area contributed by atoms with Gasteiger partial charge in [-0.25, -0.2) is 0 Å². The minimum atomic E-state index is 0.0899. The molecule has 4 aliphatic rings. The van der Waals surface area contributed by atoms with E-state index in [1.165, 1.54) is 12.8 Å². The first-order chi connectivity index (χ1) is 9.72. The summed E-state index contributed by atoms with van der Waals surface area (Å²) >= 11 is 0. The molecular formula is C16H22N2O2. The summed E-state index contributed by atoms with van der Waals surface area (Å²) in [6.07, 6.45) is 8.54. The number of hydrogen-bond donors (Lipinski definition) is 0. The normalized spacial score (nSPS) is 33.3. The number of carbonyl (C=O) groups excluding carboxylic acids is 2. The van der Waals surface area contributed by atoms with Crippen molar-refractivity contribution in [2.45, 2.75) is 25.7 Å². The molecule has 2 heterocycles. The molecule has 2 aliphatic carbocycles. The Bertz CT molecular complexity index is 461. The molecular weight excluding hydrogens is 252 g/mol. The first kappa shape index (κ1) is 12.4. The second kappa shape index (κ2) is 4.61. The molecule has 4 nitrogen and oxygen atoms in total. The summed E-state index contributed by atoms with van der Waals surface area (Å²) < 4.78 is 0. The van der Waals surface area contributed by atoms with Gasteiger partial charge in [-0.05, 0) is 31.6 Å². The van der Waals surface area contributed by atoms with Gasteiger partial charge in [0.05, 0.1) is 5.92 Å². The molecule has 0 aromatic rings. The van der Waals surface area contributed by atoms with Crippen LogP contribution in [-0.2, 0) is 9.59 Å². The fourth-order valence-electron chi connectivity index (χ4n) is 3.98. The lowest BCUT2D eigenvalue weighted by Gasteiger charge is -2.24. The molecule has 2 atom stereocenters. The Kier molecular flexibility index (Phi) is 2.86. The Hall–Kier alpha value is -1.32. The van der Waals surface area contributed by atoms with E-state index in [9.17, 15) is 9.59 Å². The van der Waals surface area contributed by atoms with Crippen LogP contribution in [0.4, 0.5) is 0 Å². The van der Waals surface area contributed by atoms with Gasteiger partial charge in [0.1, 0.15) is 0 Å². The fourth-order valence-corrected chi connectivity index (χ4v) is 3.98. The van der Waals surface area contributed by atoms with Crippen molar-refractivity contribution >= 4 is 11.8 Å². The molecule has 0 radical (unpaired) electrons. The van der Waals surface area contributed by atoms with Gasteiger partial charge >= 0.3 is 0 Å². The number of amides is 2. The van der Waals surface area contributed by atoms with E-state index in [1.807, 2.05) is 4.90 Å². The smallest absolute Gasteiger partial charge is 0.227 e. The maximum Gasteiger partial charge on any atom is 0.227 e. The Morgan fingerprint density at radius 2 is 1.90 bits per heavy atom. The van der Waals surface area contributed by atoms with Crippen LogP contribution in [0.15, 0.2) is 12.2 Å². The number of rotatable bonds is 3. The fraction of sp³-hybridized carbons (Fsp3) is 0.750. The van der Waals surface area contributed by atoms with Gasteiger partial charge in [-0.3, -0.25) is 9.59 Å². The largest absolute Gasteiger partial charge is 0.342 e. The van der Waals surface area contributed by atoms with Gasteiger partial charge in [0.2, 0.25) is 11.8 Å². The van der Waals surface area contributed by atoms with Gasteiger partial charge < -0.3 is 9.80 Å². The zero-order valence-corrected chi connectivity index (χ0v) is 11.8. The topological polar surface area (TPSA) is 40.6 Å². The van der Waals surface area contributed by atoms with Crippen molar-refractivity contribution in [3.8, 4) is 0 Å². The molecule has 0 bridgehead atoms. The Labute approximate surface area is 119 Å². The van der Waals surface area contributed by atoms with Gasteiger partial charge in [0.25, 0.3) is 0 Å². The molecule has 1 saturated carbocycles. The number of carbonyl (C=O) groups is 2. The number of fused-ring (bicyclic) bond motifs is 1. The van der Waals surface area contributed by atoms with E-state index in [0.717, 1.165) is 38.4 Å². The first-order valence-electron chi connectivity index (χ1n) is 7.95. The molecule has 0 unspecified atom stereocenters. The third-order valence-electron chi connectivity index (χ3n) is 5.37. The minimum Gasteiger partial charge on any atom is -0.342 e. The monoisotopic (exact) mass is 274 g/mol. The van der Waals surface area contributed by atoms with E-state index in [-0.39, 0.29) is 17.7 Å². The van der Waals surface area contributed by atoms with Crippen LogP contribution < -0.4 is 0 Å². The highest BCUT2D eigenvalue weighted by Gasteiger charge is 2.48. The molecule has 2 saturated heterocycles. The summed E-state index contributed by atoms with van der Waals surface area (Å²) in [5.74, 6) is 1.96. The predicted molar refractivity (Wildman–Crippen MR) is 74.7 cm³/mol. The highest BCUT2D eigenvalue weighted by molar-refractivity contribution is 5.85. The lowest BCUT2D eigenvalue weighted by molar-refractivity contribution is -0.135. The second-order valence-electron chi connectivity index (χ2n) is 6.94. The molecule has 0 N–H and O–H groups in total. The SMILES string of the molecule is O=C(C1CC=CC1)N1C[C@@H]2CN(CC3CC3)C(=O)[C@@H]2C1. The maximum atomic E-state index is 12.4. The quantitative estimate of drug-likeness (QED) is 0.727. The van der Waals surface area contributed by atoms with E-state index in [4.69, 9.17) is 0 Å². The molecule has 3 fully saturated rings. The lowest BCUT2D eigenvalue weighted by Crippen LogP contribution is -2.38. The summed E-state index contributed by atoms with van der Waals surface area (Å²) in [6, 6.07) is 0. The molecule has 0 aromatic carbocycles. The zero-order chi connectivity index (χ0) is 13.7. The molecule has 4 heteroatoms. The van der Waals surface area contributed by atoms with Crippen LogP contribution in [0.2, 0.25) is 0 Å². The molecule has 2 amide bonds. The van der Waals surface area contributed by atoms with Crippen LogP contribution in [0.3, 0.4) is 0 Å². The lowest BCUT2D eigenvalue weighted by atomic mass is 10.0. The number of nitrogens with zero attached hydrogens (tertiary/aromatic N) is 2. The van der Waals surface area contributed by atoms with Crippen LogP contribution >= 0.6 is 0 Å². The first-order valence-corrected chi connectivity index (χ1v) is 7.95. The third-order valence-corrected chi connectivity index (χ3v) is 5.37. The Morgan fingerprint density at radius 3 is 2.55 bits per heavy atom. The molecule has 108 valence electrons. The summed E-state index contributed by atoms with van der Waals surface area (Å²) in [4.78, 5) is 28.9. The summed E-state index contributed by atoms with van der Waals surface area (Å²) in [5.41, 5.74) is 0. The zero-order valence-electron chi connectivity index (χ0n) is 11.8. The van der Waals surface area contributed by atoms with Crippen molar-refractivity contribution < 1.29 is 9.59 Å². The van der Waals surface area contributed by atoms with E-state index in [1.54, 1.807) is 0 Å². The van der Waals surface area contributed by atoms with Crippen molar-refractivity contribution in [3.05, 3.63) is 12.2 Å². The average Bonchev–Trinajstić information content (AvgIpc) is 2.89. The summed E-state index contributed by atoms with van der Waals surface area (Å²) in [6.45, 7) is 3.31. The van der Waals surface area contributed by atoms with Gasteiger partial charge in [-0.2, -0.15) is 0 Å². The van der Waals surface area contributed by atoms with Crippen molar-refractivity contribution in [3.63, 3.8) is 0 Å². The van der Waals surface area contributed by atoms with Crippen LogP contribution in [-0.4, -0.2) is 47.8 Å². The number of likely N-dealkylation sites (tertiary alicyclic amines) is 2. The number of hydrogen-bond acceptors (Lipinski definition) is 2. The van der Waals surface area contributed by atoms with Crippen molar-refractivity contribution in [1.82, 2.24) is 9.80 Å². The van der Waals surface area contributed by atoms with E-state index >= 15 is 0 Å². The standard InChI is InChI=1S/C16H22N2O2/c19-15(12-3-1-2-4-12)18-9-13-8-17(7-11-5-6-11)16(20)14(13)10-18/h1-2,11-14H,3-10H2/t13-,14+/m0/s1. The summed E-state index contributed by atoms with van der Waals surface area (Å²) in [5, 5.41) is 0. The third kappa shape index (κ3) is 2.05. The van der Waals surface area contributed by atoms with Crippen LogP contribution in [0, 0.1) is 23.7 Å². The van der Waals surface area contributed by atoms with Crippen LogP contribution in [0.1, 0.15) is 25.7 Å². The van der Waals surface area contributed by atoms with Crippen molar-refractivity contribution in [2.24, 2.45) is 23.7 Å². The highest BCUT2D eigenvalue weighted by atomic mass is 16.2. The van der Waals surface area contributed by atoms with E-state index < -0.39 is 0 Å². The van der Waals surface area contributed by atoms with Crippen LogP contribution in [0.5, 0.6) is 0 Å². The van der Waals surface area contributed by atoms with Crippen molar-refractivity contribution in [2.75, 3.05) is 26.2 Å². The van der Waals surface area contributed by atoms with E-state index in [0.29, 0.717) is 18.4 Å². The van der Waals surface area contributed by atoms with Gasteiger partial charge in [0, 0.05) is 38.0 Å². The maximum absolute atomic E-state index is 12.4. The number of allylic oxidation sites excluding steroid dienone is 2. The average molecular weight is 274 g/mol. The van der Waals surface area contributed by atoms with Gasteiger partial charge in [-0.1, -0.05) is 12.2 Å². The van der Waals surface area contributed by atoms with Gasteiger partial charge in [-0.15, -0.1) is 0 Å². The molecule has 2 aliphatic heterocycles. The Morgan fingerprint density at radius 1 is 1.15 bits per heavy atom.